The minimum Gasteiger partial charge on any atom is -0.381 e. The Morgan fingerprint density at radius 3 is 2.33 bits per heavy atom. The average molecular weight is 417 g/mol. The van der Waals surface area contributed by atoms with Crippen molar-refractivity contribution in [3.8, 4) is 0 Å². The van der Waals surface area contributed by atoms with E-state index in [9.17, 15) is 9.59 Å². The molecule has 0 atom stereocenters. The maximum atomic E-state index is 12.6. The van der Waals surface area contributed by atoms with Crippen LogP contribution >= 0.6 is 0 Å². The molecule has 9 heteroatoms. The van der Waals surface area contributed by atoms with Crippen molar-refractivity contribution < 1.29 is 14.3 Å². The van der Waals surface area contributed by atoms with E-state index >= 15 is 0 Å². The Kier molecular flexibility index (Phi) is 6.66. The second kappa shape index (κ2) is 9.59. The van der Waals surface area contributed by atoms with Gasteiger partial charge in [-0.05, 0) is 51.4 Å². The van der Waals surface area contributed by atoms with Crippen molar-refractivity contribution in [3.63, 3.8) is 0 Å². The van der Waals surface area contributed by atoms with Crippen LogP contribution < -0.4 is 16.4 Å². The van der Waals surface area contributed by atoms with Gasteiger partial charge in [-0.3, -0.25) is 9.59 Å². The third-order valence-corrected chi connectivity index (χ3v) is 6.44. The highest BCUT2D eigenvalue weighted by Crippen LogP contribution is 2.29. The molecule has 0 radical (unpaired) electrons. The Balaban J connectivity index is 1.37. The van der Waals surface area contributed by atoms with Gasteiger partial charge in [-0.15, -0.1) is 0 Å². The number of aromatic nitrogens is 2. The van der Waals surface area contributed by atoms with Gasteiger partial charge in [0.15, 0.2) is 0 Å². The van der Waals surface area contributed by atoms with Crippen molar-refractivity contribution in [2.24, 2.45) is 11.7 Å². The number of nitrogens with zero attached hydrogens (tertiary/aromatic N) is 3. The average Bonchev–Trinajstić information content (AvgIpc) is 3.29. The number of hydrogen-bond acceptors (Lipinski definition) is 7. The monoisotopic (exact) mass is 416 g/mol. The van der Waals surface area contributed by atoms with Crippen LogP contribution in [0.15, 0.2) is 6.20 Å². The molecule has 1 aromatic rings. The van der Waals surface area contributed by atoms with Gasteiger partial charge >= 0.3 is 0 Å². The molecule has 1 saturated carbocycles. The quantitative estimate of drug-likeness (QED) is 0.646. The van der Waals surface area contributed by atoms with Crippen molar-refractivity contribution in [1.82, 2.24) is 14.9 Å². The van der Waals surface area contributed by atoms with Crippen LogP contribution in [0.25, 0.3) is 0 Å². The van der Waals surface area contributed by atoms with Gasteiger partial charge in [0.05, 0.1) is 5.56 Å². The molecule has 4 N–H and O–H groups in total. The fourth-order valence-electron chi connectivity index (χ4n) is 4.64. The summed E-state index contributed by atoms with van der Waals surface area (Å²) in [5.74, 6) is 0.850. The number of amides is 2. The lowest BCUT2D eigenvalue weighted by Crippen LogP contribution is -2.38. The molecule has 1 aliphatic carbocycles. The zero-order valence-electron chi connectivity index (χ0n) is 17.4. The molecule has 3 fully saturated rings. The number of carbonyl (C=O) groups is 2. The summed E-state index contributed by atoms with van der Waals surface area (Å²) in [4.78, 5) is 35.4. The lowest BCUT2D eigenvalue weighted by Gasteiger charge is -2.31. The van der Waals surface area contributed by atoms with Gasteiger partial charge in [-0.25, -0.2) is 4.98 Å². The predicted molar refractivity (Wildman–Crippen MR) is 113 cm³/mol. The van der Waals surface area contributed by atoms with E-state index in [1.54, 1.807) is 0 Å². The molecule has 3 heterocycles. The lowest BCUT2D eigenvalue weighted by atomic mass is 9.85. The Morgan fingerprint density at radius 2 is 1.67 bits per heavy atom. The summed E-state index contributed by atoms with van der Waals surface area (Å²) in [7, 11) is 0. The van der Waals surface area contributed by atoms with E-state index in [0.717, 1.165) is 77.7 Å². The van der Waals surface area contributed by atoms with Gasteiger partial charge in [-0.2, -0.15) is 4.98 Å². The van der Waals surface area contributed by atoms with Gasteiger partial charge in [0, 0.05) is 50.5 Å². The van der Waals surface area contributed by atoms with E-state index < -0.39 is 5.91 Å². The Bertz CT molecular complexity index is 753. The highest BCUT2D eigenvalue weighted by Gasteiger charge is 2.31. The summed E-state index contributed by atoms with van der Waals surface area (Å²) >= 11 is 0. The summed E-state index contributed by atoms with van der Waals surface area (Å²) in [5.41, 5.74) is 5.83. The summed E-state index contributed by atoms with van der Waals surface area (Å²) in [6.07, 6.45) is 8.99. The number of nitrogens with two attached hydrogens (primary N) is 1. The van der Waals surface area contributed by atoms with Crippen molar-refractivity contribution in [3.05, 3.63) is 11.8 Å². The van der Waals surface area contributed by atoms with Gasteiger partial charge in [0.2, 0.25) is 11.9 Å². The Hall–Kier alpha value is -2.42. The van der Waals surface area contributed by atoms with Gasteiger partial charge in [-0.1, -0.05) is 0 Å². The van der Waals surface area contributed by atoms with Gasteiger partial charge < -0.3 is 26.0 Å². The summed E-state index contributed by atoms with van der Waals surface area (Å²) in [6.45, 7) is 3.26. The van der Waals surface area contributed by atoms with Crippen LogP contribution in [0, 0.1) is 5.92 Å². The van der Waals surface area contributed by atoms with Crippen molar-refractivity contribution >= 4 is 23.6 Å². The summed E-state index contributed by atoms with van der Waals surface area (Å²) in [5, 5.41) is 6.73. The molecule has 2 saturated heterocycles. The molecular weight excluding hydrogens is 384 g/mol. The van der Waals surface area contributed by atoms with Crippen LogP contribution in [0.4, 0.5) is 11.8 Å². The van der Waals surface area contributed by atoms with E-state index in [1.807, 2.05) is 4.90 Å². The van der Waals surface area contributed by atoms with Crippen LogP contribution in [0.3, 0.4) is 0 Å². The second-order valence-corrected chi connectivity index (χ2v) is 8.58. The van der Waals surface area contributed by atoms with Crippen LogP contribution in [0.5, 0.6) is 0 Å². The Morgan fingerprint density at radius 1 is 1.00 bits per heavy atom. The SMILES string of the molecule is NC(=O)c1cnc(NC2CCOCC2)nc1N[C@H]1CC[C@H](C(=O)N2CCCC2)CC1. The lowest BCUT2D eigenvalue weighted by molar-refractivity contribution is -0.135. The van der Waals surface area contributed by atoms with E-state index in [1.165, 1.54) is 6.20 Å². The molecule has 2 amide bonds. The second-order valence-electron chi connectivity index (χ2n) is 8.58. The normalized spacial score (nSPS) is 25.1. The van der Waals surface area contributed by atoms with Crippen molar-refractivity contribution in [2.75, 3.05) is 36.9 Å². The van der Waals surface area contributed by atoms with E-state index in [4.69, 9.17) is 10.5 Å². The van der Waals surface area contributed by atoms with Crippen LogP contribution in [0.2, 0.25) is 0 Å². The molecule has 3 aliphatic rings. The molecule has 2 aliphatic heterocycles. The molecule has 164 valence electrons. The summed E-state index contributed by atoms with van der Waals surface area (Å²) < 4.78 is 5.39. The van der Waals surface area contributed by atoms with E-state index in [0.29, 0.717) is 23.2 Å². The fraction of sp³-hybridized carbons (Fsp3) is 0.714. The molecule has 0 unspecified atom stereocenters. The molecule has 9 nitrogen and oxygen atoms in total. The van der Waals surface area contributed by atoms with Crippen molar-refractivity contribution in [1.29, 1.82) is 0 Å². The maximum absolute atomic E-state index is 12.6. The number of ether oxygens (including phenoxy) is 1. The van der Waals surface area contributed by atoms with E-state index in [-0.39, 0.29) is 18.0 Å². The molecule has 30 heavy (non-hydrogen) atoms. The zero-order chi connectivity index (χ0) is 20.9. The fourth-order valence-corrected chi connectivity index (χ4v) is 4.64. The first kappa shape index (κ1) is 20.8. The number of rotatable bonds is 6. The first-order chi connectivity index (χ1) is 14.6. The minimum atomic E-state index is -0.548. The maximum Gasteiger partial charge on any atom is 0.254 e. The third-order valence-electron chi connectivity index (χ3n) is 6.44. The molecule has 0 spiro atoms. The standard InChI is InChI=1S/C21H32N6O3/c22-18(28)17-13-23-21(25-16-7-11-30-12-8-16)26-19(17)24-15-5-3-14(4-6-15)20(29)27-9-1-2-10-27/h13-16H,1-12H2,(H2,22,28)(H2,23,24,25,26)/t14-,15-. The number of likely N-dealkylation sites (tertiary alicyclic amines) is 1. The molecular formula is C21H32N6O3. The van der Waals surface area contributed by atoms with Gasteiger partial charge in [0.1, 0.15) is 5.82 Å². The first-order valence-corrected chi connectivity index (χ1v) is 11.2. The molecule has 4 rings (SSSR count). The first-order valence-electron chi connectivity index (χ1n) is 11.2. The van der Waals surface area contributed by atoms with Gasteiger partial charge in [0.25, 0.3) is 5.91 Å². The van der Waals surface area contributed by atoms with Crippen LogP contribution in [-0.4, -0.2) is 65.1 Å². The minimum absolute atomic E-state index is 0.118. The molecule has 1 aromatic heterocycles. The smallest absolute Gasteiger partial charge is 0.254 e. The van der Waals surface area contributed by atoms with E-state index in [2.05, 4.69) is 20.6 Å². The number of nitrogens with one attached hydrogen (secondary N) is 2. The number of anilines is 2. The number of carbonyl (C=O) groups excluding carboxylic acids is 2. The van der Waals surface area contributed by atoms with Crippen molar-refractivity contribution in [2.45, 2.75) is 63.5 Å². The van der Waals surface area contributed by atoms with Crippen LogP contribution in [0.1, 0.15) is 61.7 Å². The Labute approximate surface area is 177 Å². The number of primary amides is 1. The van der Waals surface area contributed by atoms with Crippen LogP contribution in [-0.2, 0) is 9.53 Å². The zero-order valence-corrected chi connectivity index (χ0v) is 17.4. The topological polar surface area (TPSA) is 122 Å². The highest BCUT2D eigenvalue weighted by atomic mass is 16.5. The molecule has 0 aromatic carbocycles. The summed E-state index contributed by atoms with van der Waals surface area (Å²) in [6, 6.07) is 0.426. The number of hydrogen-bond donors (Lipinski definition) is 3. The molecule has 0 bridgehead atoms. The highest BCUT2D eigenvalue weighted by molar-refractivity contribution is 5.97. The third kappa shape index (κ3) is 5.00. The predicted octanol–water partition coefficient (Wildman–Crippen LogP) is 1.76. The largest absolute Gasteiger partial charge is 0.381 e.